The van der Waals surface area contributed by atoms with E-state index in [0.717, 1.165) is 6.42 Å². The normalized spacial score (nSPS) is 14.5. The second-order valence-corrected chi connectivity index (χ2v) is 4.37. The molecule has 0 N–H and O–H groups in total. The van der Waals surface area contributed by atoms with Gasteiger partial charge in [0.2, 0.25) is 0 Å². The van der Waals surface area contributed by atoms with Crippen molar-refractivity contribution in [2.75, 3.05) is 0 Å². The number of aryl methyl sites for hydroxylation is 1. The van der Waals surface area contributed by atoms with Crippen molar-refractivity contribution in [2.45, 2.75) is 33.1 Å². The van der Waals surface area contributed by atoms with Crippen LogP contribution in [0.2, 0.25) is 0 Å². The molecule has 1 nitrogen and oxygen atoms in total. The molecule has 0 unspecified atom stereocenters. The van der Waals surface area contributed by atoms with E-state index in [0.29, 0.717) is 5.92 Å². The summed E-state index contributed by atoms with van der Waals surface area (Å²) in [7, 11) is 0. The van der Waals surface area contributed by atoms with Crippen molar-refractivity contribution >= 4 is 6.08 Å². The molecule has 0 radical (unpaired) electrons. The molecule has 0 aromatic carbocycles. The molecule has 1 aliphatic rings. The molecule has 0 aliphatic heterocycles. The summed E-state index contributed by atoms with van der Waals surface area (Å²) < 4.78 is 0. The SMILES string of the molecule is CC(C)Cc1nccc2c1C=CCC2. The van der Waals surface area contributed by atoms with E-state index in [4.69, 9.17) is 0 Å². The van der Waals surface area contributed by atoms with E-state index in [9.17, 15) is 0 Å². The third-order valence-corrected chi connectivity index (χ3v) is 2.63. The molecule has 0 bridgehead atoms. The summed E-state index contributed by atoms with van der Waals surface area (Å²) in [6, 6.07) is 2.16. The second kappa shape index (κ2) is 3.95. The van der Waals surface area contributed by atoms with E-state index in [1.54, 1.807) is 0 Å². The van der Waals surface area contributed by atoms with Crippen molar-refractivity contribution in [2.24, 2.45) is 5.92 Å². The number of allylic oxidation sites excluding steroid dienone is 1. The van der Waals surface area contributed by atoms with Crippen LogP contribution in [-0.4, -0.2) is 4.98 Å². The van der Waals surface area contributed by atoms with Crippen LogP contribution in [0.3, 0.4) is 0 Å². The van der Waals surface area contributed by atoms with Crippen molar-refractivity contribution in [3.8, 4) is 0 Å². The van der Waals surface area contributed by atoms with Crippen molar-refractivity contribution < 1.29 is 0 Å². The number of hydrogen-bond acceptors (Lipinski definition) is 1. The Morgan fingerprint density at radius 1 is 1.43 bits per heavy atom. The van der Waals surface area contributed by atoms with Gasteiger partial charge in [0, 0.05) is 11.9 Å². The number of rotatable bonds is 2. The van der Waals surface area contributed by atoms with E-state index in [1.807, 2.05) is 6.20 Å². The van der Waals surface area contributed by atoms with Gasteiger partial charge in [0.15, 0.2) is 0 Å². The highest BCUT2D eigenvalue weighted by atomic mass is 14.7. The second-order valence-electron chi connectivity index (χ2n) is 4.37. The number of nitrogens with zero attached hydrogens (tertiary/aromatic N) is 1. The molecule has 0 amide bonds. The third kappa shape index (κ3) is 1.87. The van der Waals surface area contributed by atoms with E-state index < -0.39 is 0 Å². The first-order valence-corrected chi connectivity index (χ1v) is 5.40. The Kier molecular flexibility index (Phi) is 2.67. The summed E-state index contributed by atoms with van der Waals surface area (Å²) in [6.07, 6.45) is 9.90. The number of aromatic nitrogens is 1. The maximum absolute atomic E-state index is 4.48. The van der Waals surface area contributed by atoms with Gasteiger partial charge in [-0.3, -0.25) is 4.98 Å². The van der Waals surface area contributed by atoms with Gasteiger partial charge in [-0.15, -0.1) is 0 Å². The molecule has 1 aromatic heterocycles. The van der Waals surface area contributed by atoms with Gasteiger partial charge in [0.1, 0.15) is 0 Å². The fourth-order valence-corrected chi connectivity index (χ4v) is 1.97. The molecule has 0 fully saturated rings. The van der Waals surface area contributed by atoms with Crippen LogP contribution in [0.5, 0.6) is 0 Å². The van der Waals surface area contributed by atoms with Crippen LogP contribution < -0.4 is 0 Å². The monoisotopic (exact) mass is 187 g/mol. The lowest BCUT2D eigenvalue weighted by Crippen LogP contribution is -2.04. The maximum Gasteiger partial charge on any atom is 0.0481 e. The van der Waals surface area contributed by atoms with Crippen molar-refractivity contribution in [3.63, 3.8) is 0 Å². The number of fused-ring (bicyclic) bond motifs is 1. The van der Waals surface area contributed by atoms with Gasteiger partial charge >= 0.3 is 0 Å². The molecule has 1 aromatic rings. The highest BCUT2D eigenvalue weighted by Crippen LogP contribution is 2.22. The summed E-state index contributed by atoms with van der Waals surface area (Å²) in [5.41, 5.74) is 4.12. The Balaban J connectivity index is 2.37. The van der Waals surface area contributed by atoms with Crippen LogP contribution >= 0.6 is 0 Å². The molecule has 2 rings (SSSR count). The zero-order valence-corrected chi connectivity index (χ0v) is 8.96. The average Bonchev–Trinajstić information content (AvgIpc) is 2.18. The van der Waals surface area contributed by atoms with E-state index in [2.05, 4.69) is 37.0 Å². The van der Waals surface area contributed by atoms with Gasteiger partial charge in [-0.25, -0.2) is 0 Å². The largest absolute Gasteiger partial charge is 0.261 e. The van der Waals surface area contributed by atoms with Crippen molar-refractivity contribution in [3.05, 3.63) is 35.2 Å². The van der Waals surface area contributed by atoms with Gasteiger partial charge in [0.05, 0.1) is 0 Å². The Labute approximate surface area is 85.9 Å². The first-order chi connectivity index (χ1) is 6.77. The summed E-state index contributed by atoms with van der Waals surface area (Å²) in [4.78, 5) is 4.48. The lowest BCUT2D eigenvalue weighted by atomic mass is 9.93. The molecule has 0 atom stereocenters. The number of pyridine rings is 1. The van der Waals surface area contributed by atoms with Gasteiger partial charge in [-0.1, -0.05) is 26.0 Å². The Bertz CT molecular complexity index is 350. The predicted octanol–water partition coefficient (Wildman–Crippen LogP) is 3.24. The molecular formula is C13H17N. The quantitative estimate of drug-likeness (QED) is 0.692. The standard InChI is InChI=1S/C13H17N/c1-10(2)9-13-12-6-4-3-5-11(12)7-8-14-13/h4,6-8,10H,3,5,9H2,1-2H3. The molecule has 1 heteroatoms. The fourth-order valence-electron chi connectivity index (χ4n) is 1.97. The topological polar surface area (TPSA) is 12.9 Å². The summed E-state index contributed by atoms with van der Waals surface area (Å²) >= 11 is 0. The minimum atomic E-state index is 0.685. The van der Waals surface area contributed by atoms with E-state index in [1.165, 1.54) is 29.7 Å². The molecule has 0 saturated carbocycles. The first kappa shape index (κ1) is 9.45. The van der Waals surface area contributed by atoms with Gasteiger partial charge in [-0.2, -0.15) is 0 Å². The molecular weight excluding hydrogens is 170 g/mol. The molecule has 1 heterocycles. The van der Waals surface area contributed by atoms with Gasteiger partial charge in [0.25, 0.3) is 0 Å². The summed E-state index contributed by atoms with van der Waals surface area (Å²) in [6.45, 7) is 4.49. The Morgan fingerprint density at radius 2 is 2.29 bits per heavy atom. The Morgan fingerprint density at radius 3 is 3.07 bits per heavy atom. The predicted molar refractivity (Wildman–Crippen MR) is 60.1 cm³/mol. The van der Waals surface area contributed by atoms with Crippen LogP contribution in [0.15, 0.2) is 18.3 Å². The van der Waals surface area contributed by atoms with Crippen LogP contribution in [0.25, 0.3) is 6.08 Å². The minimum absolute atomic E-state index is 0.685. The van der Waals surface area contributed by atoms with E-state index in [-0.39, 0.29) is 0 Å². The first-order valence-electron chi connectivity index (χ1n) is 5.40. The maximum atomic E-state index is 4.48. The molecule has 0 saturated heterocycles. The van der Waals surface area contributed by atoms with Crippen LogP contribution in [0.4, 0.5) is 0 Å². The molecule has 74 valence electrons. The van der Waals surface area contributed by atoms with Crippen LogP contribution in [0.1, 0.15) is 37.1 Å². The lowest BCUT2D eigenvalue weighted by molar-refractivity contribution is 0.633. The lowest BCUT2D eigenvalue weighted by Gasteiger charge is -2.14. The highest BCUT2D eigenvalue weighted by Gasteiger charge is 2.10. The highest BCUT2D eigenvalue weighted by molar-refractivity contribution is 5.58. The molecule has 0 spiro atoms. The van der Waals surface area contributed by atoms with Gasteiger partial charge < -0.3 is 0 Å². The van der Waals surface area contributed by atoms with E-state index >= 15 is 0 Å². The average molecular weight is 187 g/mol. The summed E-state index contributed by atoms with van der Waals surface area (Å²) in [5, 5.41) is 0. The smallest absolute Gasteiger partial charge is 0.0481 e. The van der Waals surface area contributed by atoms with Crippen LogP contribution in [0, 0.1) is 5.92 Å². The van der Waals surface area contributed by atoms with Crippen molar-refractivity contribution in [1.29, 1.82) is 0 Å². The fraction of sp³-hybridized carbons (Fsp3) is 0.462. The Hall–Kier alpha value is -1.11. The summed E-state index contributed by atoms with van der Waals surface area (Å²) in [5.74, 6) is 0.685. The molecule has 1 aliphatic carbocycles. The zero-order valence-electron chi connectivity index (χ0n) is 8.96. The van der Waals surface area contributed by atoms with Gasteiger partial charge in [-0.05, 0) is 42.4 Å². The minimum Gasteiger partial charge on any atom is -0.261 e. The third-order valence-electron chi connectivity index (χ3n) is 2.63. The van der Waals surface area contributed by atoms with Crippen LogP contribution in [-0.2, 0) is 12.8 Å². The zero-order chi connectivity index (χ0) is 9.97. The molecule has 14 heavy (non-hydrogen) atoms. The number of hydrogen-bond donors (Lipinski definition) is 0. The van der Waals surface area contributed by atoms with Crippen molar-refractivity contribution in [1.82, 2.24) is 4.98 Å².